The van der Waals surface area contributed by atoms with Gasteiger partial charge in [0.05, 0.1) is 31.4 Å². The Hall–Kier alpha value is -4.06. The normalized spacial score (nSPS) is 13.6. The third kappa shape index (κ3) is 7.57. The number of hydrogen-bond donors (Lipinski definition) is 3. The fourth-order valence-electron chi connectivity index (χ4n) is 4.61. The predicted molar refractivity (Wildman–Crippen MR) is 163 cm³/mol. The zero-order valence-electron chi connectivity index (χ0n) is 23.6. The number of imidazole rings is 1. The van der Waals surface area contributed by atoms with Gasteiger partial charge in [-0.1, -0.05) is 17.4 Å². The van der Waals surface area contributed by atoms with Crippen LogP contribution in [-0.4, -0.2) is 70.6 Å². The number of nitrogens with one attached hydrogen (secondary N) is 3. The molecule has 3 heterocycles. The van der Waals surface area contributed by atoms with E-state index in [1.54, 1.807) is 18.6 Å². The van der Waals surface area contributed by atoms with Gasteiger partial charge in [0.2, 0.25) is 0 Å². The molecule has 2 aromatic carbocycles. The Morgan fingerprint density at radius 1 is 1.00 bits per heavy atom. The van der Waals surface area contributed by atoms with Crippen molar-refractivity contribution < 1.29 is 14.3 Å². The topological polar surface area (TPSA) is 113 Å². The molecule has 0 bridgehead atoms. The van der Waals surface area contributed by atoms with E-state index in [4.69, 9.17) is 4.74 Å². The number of ether oxygens (including phenoxy) is 1. The quantitative estimate of drug-likeness (QED) is 0.232. The standard InChI is InChI=1S/C30H35N7O3S/c1-20-13-23(15-25(14-20)37-18-22(3)33-19-37)28(38)34-24-6-5-21(2)26(16-24)35-29(39)27-17-32-30(41-27)31-7-4-8-36-9-11-40-12-10-36/h5-6,13-19H,4,7-12H2,1-3H3,(H,31,32)(H,34,38)(H,35,39). The van der Waals surface area contributed by atoms with E-state index in [1.165, 1.54) is 11.3 Å². The van der Waals surface area contributed by atoms with Crippen LogP contribution < -0.4 is 16.0 Å². The number of amides is 2. The van der Waals surface area contributed by atoms with Crippen LogP contribution in [0, 0.1) is 20.8 Å². The number of benzene rings is 2. The number of carbonyl (C=O) groups is 2. The Kier molecular flexibility index (Phi) is 9.07. The summed E-state index contributed by atoms with van der Waals surface area (Å²) in [5, 5.41) is 9.97. The largest absolute Gasteiger partial charge is 0.379 e. The van der Waals surface area contributed by atoms with Crippen molar-refractivity contribution in [2.24, 2.45) is 0 Å². The molecule has 1 aliphatic heterocycles. The van der Waals surface area contributed by atoms with Crippen LogP contribution in [0.5, 0.6) is 0 Å². The molecule has 4 aromatic rings. The van der Waals surface area contributed by atoms with E-state index in [9.17, 15) is 9.59 Å². The van der Waals surface area contributed by atoms with Gasteiger partial charge in [-0.15, -0.1) is 0 Å². The van der Waals surface area contributed by atoms with E-state index in [2.05, 4.69) is 30.8 Å². The summed E-state index contributed by atoms with van der Waals surface area (Å²) in [4.78, 5) is 37.7. The number of rotatable bonds is 10. The number of thiazole rings is 1. The second-order valence-corrected chi connectivity index (χ2v) is 11.2. The Morgan fingerprint density at radius 2 is 1.83 bits per heavy atom. The fourth-order valence-corrected chi connectivity index (χ4v) is 5.35. The molecule has 2 amide bonds. The SMILES string of the molecule is Cc1cc(C(=O)Nc2ccc(C)c(NC(=O)c3cnc(NCCCN4CCOCC4)s3)c2)cc(-n2cnc(C)c2)c1. The molecular formula is C30H35N7O3S. The number of carbonyl (C=O) groups excluding carboxylic acids is 2. The van der Waals surface area contributed by atoms with Crippen LogP contribution in [0.25, 0.3) is 5.69 Å². The van der Waals surface area contributed by atoms with Crippen LogP contribution in [0.15, 0.2) is 55.1 Å². The molecule has 41 heavy (non-hydrogen) atoms. The van der Waals surface area contributed by atoms with Crippen molar-refractivity contribution >= 4 is 39.7 Å². The highest BCUT2D eigenvalue weighted by atomic mass is 32.1. The molecule has 0 aliphatic carbocycles. The second-order valence-electron chi connectivity index (χ2n) is 10.2. The molecule has 1 aliphatic rings. The highest BCUT2D eigenvalue weighted by Crippen LogP contribution is 2.24. The summed E-state index contributed by atoms with van der Waals surface area (Å²) in [6.07, 6.45) is 6.23. The molecule has 0 radical (unpaired) electrons. The van der Waals surface area contributed by atoms with Gasteiger partial charge in [-0.2, -0.15) is 0 Å². The van der Waals surface area contributed by atoms with Gasteiger partial charge in [0, 0.05) is 48.5 Å². The number of morpholine rings is 1. The van der Waals surface area contributed by atoms with Crippen molar-refractivity contribution in [3.63, 3.8) is 0 Å². The van der Waals surface area contributed by atoms with Crippen LogP contribution in [-0.2, 0) is 4.74 Å². The van der Waals surface area contributed by atoms with Crippen molar-refractivity contribution in [2.75, 3.05) is 55.3 Å². The molecule has 0 saturated carbocycles. The zero-order valence-corrected chi connectivity index (χ0v) is 24.4. The lowest BCUT2D eigenvalue weighted by Gasteiger charge is -2.26. The molecule has 1 saturated heterocycles. The molecule has 1 fully saturated rings. The molecule has 214 valence electrons. The van der Waals surface area contributed by atoms with Crippen molar-refractivity contribution in [3.8, 4) is 5.69 Å². The Balaban J connectivity index is 1.18. The van der Waals surface area contributed by atoms with E-state index in [1.807, 2.05) is 61.9 Å². The van der Waals surface area contributed by atoms with Gasteiger partial charge >= 0.3 is 0 Å². The van der Waals surface area contributed by atoms with E-state index < -0.39 is 0 Å². The van der Waals surface area contributed by atoms with E-state index in [0.29, 0.717) is 21.8 Å². The van der Waals surface area contributed by atoms with Gasteiger partial charge in [-0.25, -0.2) is 9.97 Å². The summed E-state index contributed by atoms with van der Waals surface area (Å²) < 4.78 is 7.28. The van der Waals surface area contributed by atoms with Gasteiger partial charge < -0.3 is 25.3 Å². The van der Waals surface area contributed by atoms with E-state index in [-0.39, 0.29) is 11.8 Å². The highest BCUT2D eigenvalue weighted by Gasteiger charge is 2.15. The highest BCUT2D eigenvalue weighted by molar-refractivity contribution is 7.17. The number of anilines is 3. The van der Waals surface area contributed by atoms with Crippen molar-refractivity contribution in [2.45, 2.75) is 27.2 Å². The maximum Gasteiger partial charge on any atom is 0.267 e. The minimum atomic E-state index is -0.241. The smallest absolute Gasteiger partial charge is 0.267 e. The lowest BCUT2D eigenvalue weighted by molar-refractivity contribution is 0.0378. The number of aryl methyl sites for hydroxylation is 3. The molecule has 0 spiro atoms. The minimum Gasteiger partial charge on any atom is -0.379 e. The first-order valence-corrected chi connectivity index (χ1v) is 14.5. The summed E-state index contributed by atoms with van der Waals surface area (Å²) >= 11 is 1.32. The monoisotopic (exact) mass is 573 g/mol. The number of hydrogen-bond acceptors (Lipinski definition) is 8. The molecule has 0 atom stereocenters. The maximum absolute atomic E-state index is 13.2. The Labute approximate surface area is 243 Å². The lowest BCUT2D eigenvalue weighted by Crippen LogP contribution is -2.37. The van der Waals surface area contributed by atoms with E-state index in [0.717, 1.165) is 73.5 Å². The summed E-state index contributed by atoms with van der Waals surface area (Å²) in [5.74, 6) is -0.478. The van der Waals surface area contributed by atoms with Crippen LogP contribution in [0.4, 0.5) is 16.5 Å². The summed E-state index contributed by atoms with van der Waals surface area (Å²) in [5.41, 5.74) is 5.36. The van der Waals surface area contributed by atoms with Crippen LogP contribution in [0.1, 0.15) is 43.3 Å². The summed E-state index contributed by atoms with van der Waals surface area (Å²) in [7, 11) is 0. The van der Waals surface area contributed by atoms with Crippen LogP contribution in [0.2, 0.25) is 0 Å². The van der Waals surface area contributed by atoms with Crippen molar-refractivity contribution in [1.82, 2.24) is 19.4 Å². The maximum atomic E-state index is 13.2. The van der Waals surface area contributed by atoms with E-state index >= 15 is 0 Å². The average Bonchev–Trinajstić information content (AvgIpc) is 3.62. The molecule has 3 N–H and O–H groups in total. The first kappa shape index (κ1) is 28.5. The molecule has 5 rings (SSSR count). The van der Waals surface area contributed by atoms with Gasteiger partial charge in [-0.3, -0.25) is 14.5 Å². The molecule has 2 aromatic heterocycles. The number of aromatic nitrogens is 3. The van der Waals surface area contributed by atoms with Crippen LogP contribution in [0.3, 0.4) is 0 Å². The van der Waals surface area contributed by atoms with Crippen LogP contribution >= 0.6 is 11.3 Å². The molecule has 10 nitrogen and oxygen atoms in total. The first-order chi connectivity index (χ1) is 19.8. The molecule has 0 unspecified atom stereocenters. The van der Waals surface area contributed by atoms with Gasteiger partial charge in [-0.05, 0) is 75.2 Å². The van der Waals surface area contributed by atoms with Gasteiger partial charge in [0.25, 0.3) is 11.8 Å². The summed E-state index contributed by atoms with van der Waals surface area (Å²) in [6, 6.07) is 11.1. The molecule has 11 heteroatoms. The fraction of sp³-hybridized carbons (Fsp3) is 0.333. The number of nitrogens with zero attached hydrogens (tertiary/aromatic N) is 4. The third-order valence-electron chi connectivity index (χ3n) is 6.84. The Bertz CT molecular complexity index is 1520. The van der Waals surface area contributed by atoms with Gasteiger partial charge in [0.15, 0.2) is 5.13 Å². The Morgan fingerprint density at radius 3 is 2.61 bits per heavy atom. The zero-order chi connectivity index (χ0) is 28.8. The molecular weight excluding hydrogens is 538 g/mol. The first-order valence-electron chi connectivity index (χ1n) is 13.7. The second kappa shape index (κ2) is 13.1. The lowest BCUT2D eigenvalue weighted by atomic mass is 10.1. The van der Waals surface area contributed by atoms with Gasteiger partial charge in [0.1, 0.15) is 4.88 Å². The third-order valence-corrected chi connectivity index (χ3v) is 7.79. The van der Waals surface area contributed by atoms with Crippen molar-refractivity contribution in [1.29, 1.82) is 0 Å². The minimum absolute atomic E-state index is 0.236. The predicted octanol–water partition coefficient (Wildman–Crippen LogP) is 4.89. The summed E-state index contributed by atoms with van der Waals surface area (Å²) in [6.45, 7) is 11.1. The van der Waals surface area contributed by atoms with Crippen molar-refractivity contribution in [3.05, 3.63) is 82.4 Å². The average molecular weight is 574 g/mol.